The van der Waals surface area contributed by atoms with Crippen LogP contribution in [0.15, 0.2) is 18.2 Å². The number of nitro benzene ring substituents is 1. The van der Waals surface area contributed by atoms with E-state index in [1.54, 1.807) is 19.1 Å². The number of nitro groups is 1. The Morgan fingerprint density at radius 3 is 2.79 bits per heavy atom. The third kappa shape index (κ3) is 3.23. The van der Waals surface area contributed by atoms with Gasteiger partial charge in [-0.05, 0) is 39.2 Å². The molecule has 2 rings (SSSR count). The van der Waals surface area contributed by atoms with Crippen molar-refractivity contribution >= 4 is 11.4 Å². The molecule has 1 N–H and O–H groups in total. The zero-order valence-corrected chi connectivity index (χ0v) is 11.4. The Hall–Kier alpha value is -1.62. The summed E-state index contributed by atoms with van der Waals surface area (Å²) in [5.74, 6) is 0. The number of anilines is 1. The second-order valence-electron chi connectivity index (χ2n) is 5.57. The van der Waals surface area contributed by atoms with Gasteiger partial charge in [0.2, 0.25) is 0 Å². The fraction of sp³-hybridized carbons (Fsp3) is 0.571. The fourth-order valence-corrected chi connectivity index (χ4v) is 2.51. The highest BCUT2D eigenvalue weighted by Crippen LogP contribution is 2.29. The van der Waals surface area contributed by atoms with Gasteiger partial charge in [-0.3, -0.25) is 10.1 Å². The molecular formula is C14H20N2O3. The summed E-state index contributed by atoms with van der Waals surface area (Å²) >= 11 is 0. The molecule has 0 aromatic heterocycles. The van der Waals surface area contributed by atoms with Crippen LogP contribution in [0.25, 0.3) is 0 Å². The molecule has 0 aliphatic carbocycles. The molecule has 0 spiro atoms. The Morgan fingerprint density at radius 2 is 2.11 bits per heavy atom. The van der Waals surface area contributed by atoms with E-state index in [0.29, 0.717) is 12.0 Å². The van der Waals surface area contributed by atoms with Crippen molar-refractivity contribution in [2.45, 2.75) is 38.7 Å². The predicted molar refractivity (Wildman–Crippen MR) is 74.5 cm³/mol. The monoisotopic (exact) mass is 264 g/mol. The van der Waals surface area contributed by atoms with Crippen LogP contribution in [-0.2, 0) is 0 Å². The van der Waals surface area contributed by atoms with Gasteiger partial charge in [-0.25, -0.2) is 0 Å². The largest absolute Gasteiger partial charge is 0.390 e. The maximum absolute atomic E-state index is 11.0. The van der Waals surface area contributed by atoms with Gasteiger partial charge in [0.05, 0.1) is 10.5 Å². The van der Waals surface area contributed by atoms with E-state index in [1.165, 1.54) is 0 Å². The highest BCUT2D eigenvalue weighted by atomic mass is 16.6. The van der Waals surface area contributed by atoms with E-state index in [2.05, 4.69) is 4.90 Å². The molecule has 1 aliphatic heterocycles. The van der Waals surface area contributed by atoms with Crippen LogP contribution < -0.4 is 4.90 Å². The Morgan fingerprint density at radius 1 is 1.37 bits per heavy atom. The van der Waals surface area contributed by atoms with Crippen molar-refractivity contribution < 1.29 is 10.0 Å². The molecule has 1 fully saturated rings. The maximum atomic E-state index is 11.0. The van der Waals surface area contributed by atoms with Gasteiger partial charge >= 0.3 is 0 Å². The van der Waals surface area contributed by atoms with E-state index in [4.69, 9.17) is 0 Å². The number of aryl methyl sites for hydroxylation is 1. The normalized spacial score (nSPS) is 24.1. The number of rotatable bonds is 2. The number of hydrogen-bond acceptors (Lipinski definition) is 4. The molecule has 0 bridgehead atoms. The predicted octanol–water partition coefficient (Wildman–Crippen LogP) is 2.64. The number of aliphatic hydroxyl groups is 1. The highest BCUT2D eigenvalue weighted by molar-refractivity contribution is 5.56. The van der Waals surface area contributed by atoms with Crippen LogP contribution in [0.5, 0.6) is 0 Å². The third-order valence-electron chi connectivity index (χ3n) is 3.82. The van der Waals surface area contributed by atoms with Crippen molar-refractivity contribution in [1.29, 1.82) is 0 Å². The van der Waals surface area contributed by atoms with Crippen molar-refractivity contribution in [2.24, 2.45) is 0 Å². The van der Waals surface area contributed by atoms with Crippen molar-refractivity contribution in [3.8, 4) is 0 Å². The minimum Gasteiger partial charge on any atom is -0.390 e. The van der Waals surface area contributed by atoms with Crippen molar-refractivity contribution in [2.75, 3.05) is 18.0 Å². The topological polar surface area (TPSA) is 66.6 Å². The minimum atomic E-state index is -0.620. The third-order valence-corrected chi connectivity index (χ3v) is 3.82. The summed E-state index contributed by atoms with van der Waals surface area (Å²) in [6.07, 6.45) is 2.36. The molecule has 5 nitrogen and oxygen atoms in total. The van der Waals surface area contributed by atoms with Gasteiger partial charge in [0.1, 0.15) is 0 Å². The molecule has 1 unspecified atom stereocenters. The molecule has 1 saturated heterocycles. The average Bonchev–Trinajstić information content (AvgIpc) is 2.51. The van der Waals surface area contributed by atoms with Crippen LogP contribution in [0.4, 0.5) is 11.4 Å². The van der Waals surface area contributed by atoms with Gasteiger partial charge in [0, 0.05) is 30.4 Å². The zero-order chi connectivity index (χ0) is 14.0. The second-order valence-corrected chi connectivity index (χ2v) is 5.57. The number of hydrogen-bond donors (Lipinski definition) is 1. The first-order valence-electron chi connectivity index (χ1n) is 6.61. The Kier molecular flexibility index (Phi) is 3.75. The first kappa shape index (κ1) is 13.8. The molecule has 0 saturated carbocycles. The first-order valence-corrected chi connectivity index (χ1v) is 6.61. The zero-order valence-electron chi connectivity index (χ0n) is 11.4. The van der Waals surface area contributed by atoms with E-state index in [1.807, 2.05) is 13.0 Å². The van der Waals surface area contributed by atoms with Crippen LogP contribution in [-0.4, -0.2) is 28.7 Å². The van der Waals surface area contributed by atoms with Crippen molar-refractivity contribution in [1.82, 2.24) is 0 Å². The first-order chi connectivity index (χ1) is 8.89. The molecule has 1 aliphatic rings. The maximum Gasteiger partial charge on any atom is 0.274 e. The molecule has 104 valence electrons. The average molecular weight is 264 g/mol. The SMILES string of the molecule is Cc1ccc(N2CCCC(C)(O)CC2)cc1[N+](=O)[O-]. The fourth-order valence-electron chi connectivity index (χ4n) is 2.51. The summed E-state index contributed by atoms with van der Waals surface area (Å²) in [7, 11) is 0. The highest BCUT2D eigenvalue weighted by Gasteiger charge is 2.25. The van der Waals surface area contributed by atoms with Gasteiger partial charge < -0.3 is 10.0 Å². The Balaban J connectivity index is 2.22. The van der Waals surface area contributed by atoms with Gasteiger partial charge in [0.25, 0.3) is 5.69 Å². The molecule has 1 aromatic rings. The van der Waals surface area contributed by atoms with E-state index < -0.39 is 5.60 Å². The van der Waals surface area contributed by atoms with E-state index in [-0.39, 0.29) is 10.6 Å². The molecule has 0 amide bonds. The standard InChI is InChI=1S/C14H20N2O3/c1-11-4-5-12(10-13(11)16(18)19)15-8-3-6-14(2,17)7-9-15/h4-5,10,17H,3,6-9H2,1-2H3. The van der Waals surface area contributed by atoms with Crippen LogP contribution in [0.2, 0.25) is 0 Å². The molecule has 1 aromatic carbocycles. The van der Waals surface area contributed by atoms with Gasteiger partial charge in [-0.1, -0.05) is 6.07 Å². The van der Waals surface area contributed by atoms with E-state index in [0.717, 1.165) is 31.6 Å². The lowest BCUT2D eigenvalue weighted by Crippen LogP contribution is -2.28. The number of benzene rings is 1. The van der Waals surface area contributed by atoms with Crippen LogP contribution in [0.1, 0.15) is 31.7 Å². The van der Waals surface area contributed by atoms with E-state index >= 15 is 0 Å². The van der Waals surface area contributed by atoms with E-state index in [9.17, 15) is 15.2 Å². The van der Waals surface area contributed by atoms with Gasteiger partial charge in [-0.15, -0.1) is 0 Å². The lowest BCUT2D eigenvalue weighted by molar-refractivity contribution is -0.385. The number of nitrogens with zero attached hydrogens (tertiary/aromatic N) is 2. The quantitative estimate of drug-likeness (QED) is 0.658. The summed E-state index contributed by atoms with van der Waals surface area (Å²) in [5.41, 5.74) is 1.09. The van der Waals surface area contributed by atoms with Crippen LogP contribution in [0.3, 0.4) is 0 Å². The Labute approximate surface area is 113 Å². The summed E-state index contributed by atoms with van der Waals surface area (Å²) in [6, 6.07) is 5.34. The lowest BCUT2D eigenvalue weighted by Gasteiger charge is -2.24. The van der Waals surface area contributed by atoms with Gasteiger partial charge in [0.15, 0.2) is 0 Å². The van der Waals surface area contributed by atoms with Crippen LogP contribution >= 0.6 is 0 Å². The molecular weight excluding hydrogens is 244 g/mol. The molecule has 0 radical (unpaired) electrons. The van der Waals surface area contributed by atoms with Crippen molar-refractivity contribution in [3.63, 3.8) is 0 Å². The van der Waals surface area contributed by atoms with Crippen molar-refractivity contribution in [3.05, 3.63) is 33.9 Å². The second kappa shape index (κ2) is 5.17. The molecule has 1 atom stereocenters. The summed E-state index contributed by atoms with van der Waals surface area (Å²) in [4.78, 5) is 12.8. The minimum absolute atomic E-state index is 0.161. The van der Waals surface area contributed by atoms with Gasteiger partial charge in [-0.2, -0.15) is 0 Å². The Bertz CT molecular complexity index is 486. The lowest BCUT2D eigenvalue weighted by atomic mass is 9.98. The summed E-state index contributed by atoms with van der Waals surface area (Å²) < 4.78 is 0. The van der Waals surface area contributed by atoms with Crippen LogP contribution in [0, 0.1) is 17.0 Å². The summed E-state index contributed by atoms with van der Waals surface area (Å²) in [5, 5.41) is 21.0. The molecule has 1 heterocycles. The molecule has 19 heavy (non-hydrogen) atoms. The summed E-state index contributed by atoms with van der Waals surface area (Å²) in [6.45, 7) is 5.16. The molecule has 5 heteroatoms. The smallest absolute Gasteiger partial charge is 0.274 e.